The molecule has 1 nitrogen and oxygen atoms in total. The number of benzene rings is 1. The first kappa shape index (κ1) is 12.8. The second-order valence-corrected chi connectivity index (χ2v) is 7.95. The molecule has 2 saturated carbocycles. The molecule has 2 unspecified atom stereocenters. The monoisotopic (exact) mass is 285 g/mol. The maximum absolute atomic E-state index is 2.48. The number of fused-ring (bicyclic) bond motifs is 3. The third-order valence-electron chi connectivity index (χ3n) is 5.53. The molecule has 1 aromatic carbocycles. The fourth-order valence-electron chi connectivity index (χ4n) is 4.79. The number of hydrogen-bond donors (Lipinski definition) is 0. The highest BCUT2D eigenvalue weighted by Gasteiger charge is 2.47. The van der Waals surface area contributed by atoms with Crippen molar-refractivity contribution < 1.29 is 0 Å². The average molecular weight is 285 g/mol. The molecular weight excluding hydrogens is 262 g/mol. The van der Waals surface area contributed by atoms with Crippen LogP contribution in [0.4, 0.5) is 0 Å². The van der Waals surface area contributed by atoms with Crippen molar-refractivity contribution in [2.24, 2.45) is 17.8 Å². The zero-order valence-corrected chi connectivity index (χ0v) is 13.2. The van der Waals surface area contributed by atoms with Crippen molar-refractivity contribution in [1.82, 2.24) is 4.90 Å². The van der Waals surface area contributed by atoms with Crippen molar-refractivity contribution in [1.29, 1.82) is 0 Å². The highest BCUT2D eigenvalue weighted by atomic mass is 32.1. The largest absolute Gasteiger partial charge is 0.309 e. The highest BCUT2D eigenvalue weighted by molar-refractivity contribution is 7.17. The van der Waals surface area contributed by atoms with E-state index in [1.807, 2.05) is 11.3 Å². The van der Waals surface area contributed by atoms with Gasteiger partial charge in [0.1, 0.15) is 0 Å². The summed E-state index contributed by atoms with van der Waals surface area (Å²) >= 11 is 1.89. The maximum atomic E-state index is 2.48. The molecule has 20 heavy (non-hydrogen) atoms. The van der Waals surface area contributed by atoms with Gasteiger partial charge >= 0.3 is 0 Å². The molecule has 0 N–H and O–H groups in total. The Hall–Kier alpha value is -0.860. The predicted molar refractivity (Wildman–Crippen MR) is 87.4 cm³/mol. The van der Waals surface area contributed by atoms with E-state index in [0.29, 0.717) is 0 Å². The molecule has 2 fully saturated rings. The van der Waals surface area contributed by atoms with E-state index in [-0.39, 0.29) is 0 Å². The van der Waals surface area contributed by atoms with Gasteiger partial charge in [0, 0.05) is 11.2 Å². The first-order valence-corrected chi connectivity index (χ1v) is 8.72. The smallest absolute Gasteiger partial charge is 0.0345 e. The second-order valence-electron chi connectivity index (χ2n) is 7.00. The van der Waals surface area contributed by atoms with E-state index in [0.717, 1.165) is 23.7 Å². The summed E-state index contributed by atoms with van der Waals surface area (Å²) in [6.45, 7) is 1.26. The average Bonchev–Trinajstić information content (AvgIpc) is 3.12. The van der Waals surface area contributed by atoms with Crippen LogP contribution in [0, 0.1) is 17.8 Å². The Morgan fingerprint density at radius 1 is 1.15 bits per heavy atom. The van der Waals surface area contributed by atoms with E-state index >= 15 is 0 Å². The SMILES string of the molecule is CN(C)CC1C(c2ccc3ccsc3c2)[C@@H]2CC[C@H]1C2. The van der Waals surface area contributed by atoms with E-state index in [1.165, 1.54) is 35.9 Å². The summed E-state index contributed by atoms with van der Waals surface area (Å²) in [6.07, 6.45) is 4.41. The lowest BCUT2D eigenvalue weighted by Gasteiger charge is -2.33. The van der Waals surface area contributed by atoms with Crippen molar-refractivity contribution in [2.45, 2.75) is 25.2 Å². The van der Waals surface area contributed by atoms with Crippen LogP contribution in [0.5, 0.6) is 0 Å². The molecule has 0 saturated heterocycles. The molecule has 4 rings (SSSR count). The molecule has 4 atom stereocenters. The van der Waals surface area contributed by atoms with Crippen LogP contribution in [-0.4, -0.2) is 25.5 Å². The molecule has 2 aliphatic rings. The molecule has 106 valence electrons. The minimum Gasteiger partial charge on any atom is -0.309 e. The lowest BCUT2D eigenvalue weighted by atomic mass is 9.75. The van der Waals surface area contributed by atoms with Gasteiger partial charge in [0.05, 0.1) is 0 Å². The molecule has 1 aromatic heterocycles. The minimum absolute atomic E-state index is 0.808. The van der Waals surface area contributed by atoms with Gasteiger partial charge in [-0.3, -0.25) is 0 Å². The van der Waals surface area contributed by atoms with Crippen molar-refractivity contribution in [3.05, 3.63) is 35.2 Å². The summed E-state index contributed by atoms with van der Waals surface area (Å²) < 4.78 is 1.47. The Bertz CT molecular complexity index is 615. The predicted octanol–water partition coefficient (Wildman–Crippen LogP) is 4.59. The number of nitrogens with zero attached hydrogens (tertiary/aromatic N) is 1. The van der Waals surface area contributed by atoms with Gasteiger partial charge in [0.15, 0.2) is 0 Å². The van der Waals surface area contributed by atoms with Crippen LogP contribution in [-0.2, 0) is 0 Å². The molecule has 2 heteroatoms. The standard InChI is InChI=1S/C18H23NS/c1-19(2)11-16-13-4-6-14(9-13)18(16)15-5-3-12-7-8-20-17(12)10-15/h3,5,7-8,10,13-14,16,18H,4,6,9,11H2,1-2H3/t13-,14+,16?,18?/m0/s1. The summed E-state index contributed by atoms with van der Waals surface area (Å²) in [5, 5.41) is 3.62. The van der Waals surface area contributed by atoms with Crippen LogP contribution in [0.3, 0.4) is 0 Å². The molecule has 0 radical (unpaired) electrons. The van der Waals surface area contributed by atoms with Crippen LogP contribution in [0.2, 0.25) is 0 Å². The van der Waals surface area contributed by atoms with E-state index in [1.54, 1.807) is 5.56 Å². The van der Waals surface area contributed by atoms with Gasteiger partial charge < -0.3 is 4.90 Å². The molecule has 2 aromatic rings. The molecule has 0 spiro atoms. The van der Waals surface area contributed by atoms with Gasteiger partial charge in [-0.2, -0.15) is 0 Å². The summed E-state index contributed by atoms with van der Waals surface area (Å²) in [5.74, 6) is 3.61. The first-order chi connectivity index (χ1) is 9.72. The third-order valence-corrected chi connectivity index (χ3v) is 6.41. The Balaban J connectivity index is 1.70. The summed E-state index contributed by atoms with van der Waals surface area (Å²) in [4.78, 5) is 2.39. The Labute approximate surface area is 125 Å². The van der Waals surface area contributed by atoms with Gasteiger partial charge in [-0.25, -0.2) is 0 Å². The van der Waals surface area contributed by atoms with E-state index in [4.69, 9.17) is 0 Å². The number of rotatable bonds is 3. The highest BCUT2D eigenvalue weighted by Crippen LogP contribution is 2.57. The summed E-state index contributed by atoms with van der Waals surface area (Å²) in [5.41, 5.74) is 1.61. The van der Waals surface area contributed by atoms with Crippen LogP contribution < -0.4 is 0 Å². The lowest BCUT2D eigenvalue weighted by Crippen LogP contribution is -2.30. The first-order valence-electron chi connectivity index (χ1n) is 7.84. The zero-order chi connectivity index (χ0) is 13.7. The van der Waals surface area contributed by atoms with Crippen LogP contribution in [0.15, 0.2) is 29.6 Å². The molecule has 1 heterocycles. The summed E-state index contributed by atoms with van der Waals surface area (Å²) in [7, 11) is 4.46. The Morgan fingerprint density at radius 3 is 2.85 bits per heavy atom. The van der Waals surface area contributed by atoms with Crippen molar-refractivity contribution in [3.8, 4) is 0 Å². The molecule has 2 bridgehead atoms. The van der Waals surface area contributed by atoms with Gasteiger partial charge in [0.2, 0.25) is 0 Å². The topological polar surface area (TPSA) is 3.24 Å². The molecular formula is C18H23NS. The number of hydrogen-bond acceptors (Lipinski definition) is 2. The fraction of sp³-hybridized carbons (Fsp3) is 0.556. The maximum Gasteiger partial charge on any atom is 0.0345 e. The molecule has 0 amide bonds. The van der Waals surface area contributed by atoms with Gasteiger partial charge in [-0.1, -0.05) is 12.1 Å². The third kappa shape index (κ3) is 2.01. The molecule has 0 aliphatic heterocycles. The van der Waals surface area contributed by atoms with Crippen LogP contribution >= 0.6 is 11.3 Å². The van der Waals surface area contributed by atoms with E-state index in [9.17, 15) is 0 Å². The van der Waals surface area contributed by atoms with Crippen molar-refractivity contribution in [3.63, 3.8) is 0 Å². The lowest BCUT2D eigenvalue weighted by molar-refractivity contribution is 0.219. The van der Waals surface area contributed by atoms with Crippen molar-refractivity contribution >= 4 is 21.4 Å². The van der Waals surface area contributed by atoms with Crippen LogP contribution in [0.1, 0.15) is 30.7 Å². The van der Waals surface area contributed by atoms with Gasteiger partial charge in [-0.05, 0) is 85.5 Å². The van der Waals surface area contributed by atoms with Crippen LogP contribution in [0.25, 0.3) is 10.1 Å². The zero-order valence-electron chi connectivity index (χ0n) is 12.4. The number of thiophene rings is 1. The normalized spacial score (nSPS) is 32.5. The second kappa shape index (κ2) is 4.85. The van der Waals surface area contributed by atoms with Gasteiger partial charge in [0.25, 0.3) is 0 Å². The van der Waals surface area contributed by atoms with E-state index < -0.39 is 0 Å². The Morgan fingerprint density at radius 2 is 2.00 bits per heavy atom. The Kier molecular flexibility index (Phi) is 3.12. The molecule has 2 aliphatic carbocycles. The van der Waals surface area contributed by atoms with Gasteiger partial charge in [-0.15, -0.1) is 11.3 Å². The minimum atomic E-state index is 0.808. The fourth-order valence-corrected chi connectivity index (χ4v) is 5.63. The quantitative estimate of drug-likeness (QED) is 0.797. The van der Waals surface area contributed by atoms with Crippen molar-refractivity contribution in [2.75, 3.05) is 20.6 Å². The summed E-state index contributed by atoms with van der Waals surface area (Å²) in [6, 6.07) is 9.46. The van der Waals surface area contributed by atoms with E-state index in [2.05, 4.69) is 48.6 Å².